The summed E-state index contributed by atoms with van der Waals surface area (Å²) in [5.74, 6) is 5.73. The third-order valence-electron chi connectivity index (χ3n) is 3.25. The standard InChI is InChI=1S/C14H21N5/c1-4-12-8-13(19(5-2)18-12)14(17-15)11-7-6-10(3)16-9-11/h6-9,14,17H,4-5,15H2,1-3H3. The van der Waals surface area contributed by atoms with Crippen molar-refractivity contribution in [2.75, 3.05) is 0 Å². The molecule has 0 saturated carbocycles. The second-order valence-electron chi connectivity index (χ2n) is 4.56. The molecule has 0 aromatic carbocycles. The molecule has 0 saturated heterocycles. The fourth-order valence-corrected chi connectivity index (χ4v) is 2.15. The molecule has 5 nitrogen and oxygen atoms in total. The van der Waals surface area contributed by atoms with E-state index in [2.05, 4.69) is 35.4 Å². The van der Waals surface area contributed by atoms with Crippen molar-refractivity contribution in [1.82, 2.24) is 20.2 Å². The molecule has 0 fully saturated rings. The lowest BCUT2D eigenvalue weighted by Crippen LogP contribution is -2.30. The summed E-state index contributed by atoms with van der Waals surface area (Å²) in [5, 5.41) is 4.56. The first-order chi connectivity index (χ1) is 9.19. The Morgan fingerprint density at radius 2 is 2.16 bits per heavy atom. The van der Waals surface area contributed by atoms with Crippen LogP contribution in [0.15, 0.2) is 24.4 Å². The second kappa shape index (κ2) is 5.95. The zero-order chi connectivity index (χ0) is 13.8. The summed E-state index contributed by atoms with van der Waals surface area (Å²) in [4.78, 5) is 4.33. The molecule has 102 valence electrons. The van der Waals surface area contributed by atoms with Gasteiger partial charge in [-0.15, -0.1) is 0 Å². The lowest BCUT2D eigenvalue weighted by atomic mass is 10.1. The molecular weight excluding hydrogens is 238 g/mol. The van der Waals surface area contributed by atoms with E-state index in [9.17, 15) is 0 Å². The Morgan fingerprint density at radius 1 is 1.37 bits per heavy atom. The average Bonchev–Trinajstić information content (AvgIpc) is 2.85. The van der Waals surface area contributed by atoms with E-state index < -0.39 is 0 Å². The zero-order valence-electron chi connectivity index (χ0n) is 11.7. The highest BCUT2D eigenvalue weighted by Gasteiger charge is 2.18. The highest BCUT2D eigenvalue weighted by atomic mass is 15.3. The van der Waals surface area contributed by atoms with Crippen molar-refractivity contribution in [2.24, 2.45) is 5.84 Å². The molecule has 1 atom stereocenters. The lowest BCUT2D eigenvalue weighted by Gasteiger charge is -2.17. The summed E-state index contributed by atoms with van der Waals surface area (Å²) in [6, 6.07) is 6.06. The maximum Gasteiger partial charge on any atom is 0.0893 e. The van der Waals surface area contributed by atoms with E-state index in [4.69, 9.17) is 5.84 Å². The molecular formula is C14H21N5. The van der Waals surface area contributed by atoms with Gasteiger partial charge in [0.1, 0.15) is 0 Å². The van der Waals surface area contributed by atoms with E-state index >= 15 is 0 Å². The van der Waals surface area contributed by atoms with Crippen molar-refractivity contribution in [1.29, 1.82) is 0 Å². The number of nitrogens with two attached hydrogens (primary N) is 1. The summed E-state index contributed by atoms with van der Waals surface area (Å²) in [6.45, 7) is 6.98. The number of rotatable bonds is 5. The Labute approximate surface area is 113 Å². The molecule has 5 heteroatoms. The van der Waals surface area contributed by atoms with Gasteiger partial charge < -0.3 is 0 Å². The first kappa shape index (κ1) is 13.7. The Bertz CT molecular complexity index is 529. The Hall–Kier alpha value is -1.72. The largest absolute Gasteiger partial charge is 0.271 e. The van der Waals surface area contributed by atoms with Crippen molar-refractivity contribution in [2.45, 2.75) is 39.8 Å². The summed E-state index contributed by atoms with van der Waals surface area (Å²) in [6.07, 6.45) is 2.78. The van der Waals surface area contributed by atoms with Crippen LogP contribution in [-0.2, 0) is 13.0 Å². The number of aromatic nitrogens is 3. The number of hydrazine groups is 1. The van der Waals surface area contributed by atoms with Crippen LogP contribution >= 0.6 is 0 Å². The molecule has 2 rings (SSSR count). The van der Waals surface area contributed by atoms with Crippen LogP contribution in [0.3, 0.4) is 0 Å². The fourth-order valence-electron chi connectivity index (χ4n) is 2.15. The normalized spacial score (nSPS) is 12.6. The van der Waals surface area contributed by atoms with Gasteiger partial charge in [-0.05, 0) is 38.0 Å². The monoisotopic (exact) mass is 259 g/mol. The average molecular weight is 259 g/mol. The van der Waals surface area contributed by atoms with Crippen LogP contribution < -0.4 is 11.3 Å². The molecule has 0 amide bonds. The second-order valence-corrected chi connectivity index (χ2v) is 4.56. The summed E-state index contributed by atoms with van der Waals surface area (Å²) >= 11 is 0. The van der Waals surface area contributed by atoms with Crippen LogP contribution in [0.5, 0.6) is 0 Å². The van der Waals surface area contributed by atoms with Crippen LogP contribution in [0, 0.1) is 6.92 Å². The fraction of sp³-hybridized carbons (Fsp3) is 0.429. The van der Waals surface area contributed by atoms with Gasteiger partial charge in [-0.25, -0.2) is 5.43 Å². The van der Waals surface area contributed by atoms with Gasteiger partial charge in [-0.1, -0.05) is 13.0 Å². The number of hydrogen-bond acceptors (Lipinski definition) is 4. The molecule has 0 radical (unpaired) electrons. The number of nitrogens with one attached hydrogen (secondary N) is 1. The number of nitrogens with zero attached hydrogens (tertiary/aromatic N) is 3. The predicted molar refractivity (Wildman–Crippen MR) is 75.4 cm³/mol. The number of aryl methyl sites for hydroxylation is 3. The van der Waals surface area contributed by atoms with E-state index in [1.54, 1.807) is 0 Å². The van der Waals surface area contributed by atoms with Gasteiger partial charge >= 0.3 is 0 Å². The summed E-state index contributed by atoms with van der Waals surface area (Å²) in [7, 11) is 0. The molecule has 19 heavy (non-hydrogen) atoms. The summed E-state index contributed by atoms with van der Waals surface area (Å²) in [5.41, 5.74) is 7.07. The van der Waals surface area contributed by atoms with Crippen LogP contribution in [0.1, 0.15) is 42.5 Å². The molecule has 0 spiro atoms. The number of hydrogen-bond donors (Lipinski definition) is 2. The quantitative estimate of drug-likeness (QED) is 0.633. The minimum absolute atomic E-state index is 0.0825. The van der Waals surface area contributed by atoms with Gasteiger partial charge in [0.25, 0.3) is 0 Å². The molecule has 2 aromatic heterocycles. The topological polar surface area (TPSA) is 68.8 Å². The molecule has 0 bridgehead atoms. The zero-order valence-corrected chi connectivity index (χ0v) is 11.7. The van der Waals surface area contributed by atoms with E-state index in [0.717, 1.165) is 35.6 Å². The van der Waals surface area contributed by atoms with Gasteiger partial charge in [0.2, 0.25) is 0 Å². The number of pyridine rings is 1. The third-order valence-corrected chi connectivity index (χ3v) is 3.25. The molecule has 1 unspecified atom stereocenters. The molecule has 3 N–H and O–H groups in total. The van der Waals surface area contributed by atoms with E-state index in [-0.39, 0.29) is 6.04 Å². The Balaban J connectivity index is 2.41. The molecule has 0 aliphatic heterocycles. The minimum Gasteiger partial charge on any atom is -0.271 e. The van der Waals surface area contributed by atoms with Crippen LogP contribution in [0.4, 0.5) is 0 Å². The van der Waals surface area contributed by atoms with Gasteiger partial charge in [0.15, 0.2) is 0 Å². The van der Waals surface area contributed by atoms with E-state index in [1.807, 2.05) is 29.9 Å². The highest BCUT2D eigenvalue weighted by molar-refractivity contribution is 5.28. The maximum atomic E-state index is 5.73. The first-order valence-electron chi connectivity index (χ1n) is 6.64. The van der Waals surface area contributed by atoms with Crippen molar-refractivity contribution in [3.05, 3.63) is 47.0 Å². The highest BCUT2D eigenvalue weighted by Crippen LogP contribution is 2.22. The molecule has 2 heterocycles. The van der Waals surface area contributed by atoms with Crippen molar-refractivity contribution < 1.29 is 0 Å². The van der Waals surface area contributed by atoms with Crippen LogP contribution in [0.25, 0.3) is 0 Å². The SMILES string of the molecule is CCc1cc(C(NN)c2ccc(C)nc2)n(CC)n1. The lowest BCUT2D eigenvalue weighted by molar-refractivity contribution is 0.540. The first-order valence-corrected chi connectivity index (χ1v) is 6.64. The van der Waals surface area contributed by atoms with Crippen LogP contribution in [0.2, 0.25) is 0 Å². The van der Waals surface area contributed by atoms with Gasteiger partial charge in [-0.3, -0.25) is 15.5 Å². The smallest absolute Gasteiger partial charge is 0.0893 e. The summed E-state index contributed by atoms with van der Waals surface area (Å²) < 4.78 is 1.99. The van der Waals surface area contributed by atoms with Crippen molar-refractivity contribution in [3.8, 4) is 0 Å². The van der Waals surface area contributed by atoms with Gasteiger partial charge in [-0.2, -0.15) is 5.10 Å². The van der Waals surface area contributed by atoms with Crippen LogP contribution in [-0.4, -0.2) is 14.8 Å². The van der Waals surface area contributed by atoms with Gasteiger partial charge in [0.05, 0.1) is 17.4 Å². The van der Waals surface area contributed by atoms with Crippen molar-refractivity contribution in [3.63, 3.8) is 0 Å². The van der Waals surface area contributed by atoms with Crippen molar-refractivity contribution >= 4 is 0 Å². The minimum atomic E-state index is -0.0825. The Kier molecular flexibility index (Phi) is 4.29. The van der Waals surface area contributed by atoms with E-state index in [1.165, 1.54) is 0 Å². The maximum absolute atomic E-state index is 5.73. The van der Waals surface area contributed by atoms with E-state index in [0.29, 0.717) is 0 Å². The molecule has 2 aromatic rings. The predicted octanol–water partition coefficient (Wildman–Crippen LogP) is 1.72. The molecule has 0 aliphatic rings. The molecule has 0 aliphatic carbocycles. The third kappa shape index (κ3) is 2.83. The Morgan fingerprint density at radius 3 is 2.68 bits per heavy atom. The van der Waals surface area contributed by atoms with Gasteiger partial charge in [0, 0.05) is 18.4 Å².